The number of hydrogen-bond donors (Lipinski definition) is 0. The number of nitrogens with zero attached hydrogens (tertiary/aromatic N) is 5. The zero-order valence-corrected chi connectivity index (χ0v) is 21.9. The van der Waals surface area contributed by atoms with Crippen molar-refractivity contribution in [2.75, 3.05) is 0 Å². The predicted octanol–water partition coefficient (Wildman–Crippen LogP) is 8.08. The van der Waals surface area contributed by atoms with E-state index in [2.05, 4.69) is 88.2 Å². The molecule has 5 heterocycles. The van der Waals surface area contributed by atoms with Crippen molar-refractivity contribution in [1.82, 2.24) is 23.8 Å². The Labute approximate surface area is 224 Å². The summed E-state index contributed by atoms with van der Waals surface area (Å²) in [5, 5.41) is 6.73. The fourth-order valence-electron chi connectivity index (χ4n) is 5.96. The summed E-state index contributed by atoms with van der Waals surface area (Å²) in [6, 6.07) is 21.1. The number of fused-ring (bicyclic) bond motifs is 12. The summed E-state index contributed by atoms with van der Waals surface area (Å²) in [4.78, 5) is 13.7. The van der Waals surface area contributed by atoms with Crippen LogP contribution in [0.25, 0.3) is 54.6 Å². The minimum Gasteiger partial charge on any atom is -0.457 e. The van der Waals surface area contributed by atoms with Crippen molar-refractivity contribution in [3.8, 4) is 11.5 Å². The number of pyridine rings is 3. The molecule has 0 N–H and O–H groups in total. The Balaban J connectivity index is 1.31. The van der Waals surface area contributed by atoms with E-state index in [0.29, 0.717) is 0 Å². The summed E-state index contributed by atoms with van der Waals surface area (Å²) < 4.78 is 10.8. The van der Waals surface area contributed by atoms with E-state index >= 15 is 0 Å². The molecule has 6 nitrogen and oxygen atoms in total. The molecule has 0 saturated carbocycles. The molecule has 0 bridgehead atoms. The van der Waals surface area contributed by atoms with Crippen LogP contribution in [0.4, 0.5) is 0 Å². The van der Waals surface area contributed by atoms with Crippen LogP contribution in [0.15, 0.2) is 97.8 Å². The van der Waals surface area contributed by atoms with Crippen LogP contribution >= 0.6 is 0 Å². The largest absolute Gasteiger partial charge is 0.457 e. The zero-order chi connectivity index (χ0) is 26.3. The van der Waals surface area contributed by atoms with Crippen molar-refractivity contribution < 1.29 is 4.74 Å². The van der Waals surface area contributed by atoms with Crippen molar-refractivity contribution in [1.29, 1.82) is 0 Å². The van der Waals surface area contributed by atoms with E-state index in [1.54, 1.807) is 0 Å². The Hall–Kier alpha value is -4.97. The summed E-state index contributed by atoms with van der Waals surface area (Å²) in [5.74, 6) is 1.53. The molecule has 188 valence electrons. The highest BCUT2D eigenvalue weighted by Gasteiger charge is 2.21. The average Bonchev–Trinajstić information content (AvgIpc) is 3.63. The highest BCUT2D eigenvalue weighted by Crippen LogP contribution is 2.38. The second kappa shape index (κ2) is 7.77. The van der Waals surface area contributed by atoms with Gasteiger partial charge in [-0.25, -0.2) is 9.97 Å². The topological polar surface area (TPSA) is 56.7 Å². The maximum Gasteiger partial charge on any atom is 0.145 e. The molecule has 0 unspecified atom stereocenters. The molecule has 6 heteroatoms. The number of aromatic nitrogens is 5. The van der Waals surface area contributed by atoms with Gasteiger partial charge in [-0.15, -0.1) is 0 Å². The highest BCUT2D eigenvalue weighted by molar-refractivity contribution is 6.13. The van der Waals surface area contributed by atoms with E-state index < -0.39 is 0 Å². The van der Waals surface area contributed by atoms with Gasteiger partial charge in [-0.3, -0.25) is 13.8 Å². The van der Waals surface area contributed by atoms with Crippen molar-refractivity contribution in [2.24, 2.45) is 0 Å². The van der Waals surface area contributed by atoms with E-state index in [4.69, 9.17) is 9.72 Å². The minimum absolute atomic E-state index is 0.00558. The maximum absolute atomic E-state index is 6.46. The van der Waals surface area contributed by atoms with E-state index in [-0.39, 0.29) is 5.41 Å². The first-order valence-corrected chi connectivity index (χ1v) is 13.1. The van der Waals surface area contributed by atoms with Crippen molar-refractivity contribution >= 4 is 54.6 Å². The van der Waals surface area contributed by atoms with Gasteiger partial charge in [0.15, 0.2) is 0 Å². The van der Waals surface area contributed by atoms with E-state index in [1.807, 2.05) is 49.2 Å². The number of para-hydroxylation sites is 1. The number of rotatable bonds is 2. The molecule has 0 saturated heterocycles. The van der Waals surface area contributed by atoms with Gasteiger partial charge in [0, 0.05) is 52.5 Å². The molecule has 0 spiro atoms. The summed E-state index contributed by atoms with van der Waals surface area (Å²) in [6.07, 6.45) is 11.4. The Bertz CT molecular complexity index is 2250. The standard InChI is InChI=1S/C33H25N5O/c1-33(2,3)28-6-4-5-25-23-10-8-21(18-27(23)32-36-14-16-38(32)30(25)28)39-20-7-9-22-24-11-12-34-19-29(24)37-15-13-35-31(37)26(22)17-20/h4-19H,1-3H3. The first-order valence-electron chi connectivity index (χ1n) is 13.1. The van der Waals surface area contributed by atoms with E-state index in [9.17, 15) is 0 Å². The smallest absolute Gasteiger partial charge is 0.145 e. The van der Waals surface area contributed by atoms with Crippen LogP contribution in [0.5, 0.6) is 11.5 Å². The normalized spacial score (nSPS) is 12.5. The Morgan fingerprint density at radius 3 is 2.03 bits per heavy atom. The quantitative estimate of drug-likeness (QED) is 0.222. The Morgan fingerprint density at radius 2 is 1.31 bits per heavy atom. The summed E-state index contributed by atoms with van der Waals surface area (Å²) in [5.41, 5.74) is 5.36. The van der Waals surface area contributed by atoms with Gasteiger partial charge >= 0.3 is 0 Å². The third kappa shape index (κ3) is 3.18. The van der Waals surface area contributed by atoms with Gasteiger partial charge < -0.3 is 4.74 Å². The molecule has 0 fully saturated rings. The molecule has 8 rings (SSSR count). The minimum atomic E-state index is 0.00558. The molecule has 3 aromatic carbocycles. The van der Waals surface area contributed by atoms with Crippen LogP contribution in [0.2, 0.25) is 0 Å². The van der Waals surface area contributed by atoms with E-state index in [1.165, 1.54) is 21.9 Å². The Morgan fingerprint density at radius 1 is 0.641 bits per heavy atom. The third-order valence-electron chi connectivity index (χ3n) is 7.71. The van der Waals surface area contributed by atoms with Crippen molar-refractivity contribution in [3.63, 3.8) is 0 Å². The second-order valence-electron chi connectivity index (χ2n) is 11.1. The number of imidazole rings is 2. The van der Waals surface area contributed by atoms with E-state index in [0.717, 1.165) is 49.9 Å². The fourth-order valence-corrected chi connectivity index (χ4v) is 5.96. The Kier molecular flexibility index (Phi) is 4.39. The molecular weight excluding hydrogens is 482 g/mol. The molecular formula is C33H25N5O. The van der Waals surface area contributed by atoms with Gasteiger partial charge in [-0.1, -0.05) is 39.0 Å². The molecule has 8 aromatic rings. The average molecular weight is 508 g/mol. The van der Waals surface area contributed by atoms with Crippen LogP contribution in [-0.4, -0.2) is 23.8 Å². The lowest BCUT2D eigenvalue weighted by Crippen LogP contribution is -2.13. The fraction of sp³-hybridized carbons (Fsp3) is 0.121. The predicted molar refractivity (Wildman–Crippen MR) is 157 cm³/mol. The molecule has 0 amide bonds. The van der Waals surface area contributed by atoms with Crippen molar-refractivity contribution in [3.05, 3.63) is 103 Å². The maximum atomic E-state index is 6.46. The van der Waals surface area contributed by atoms with Crippen LogP contribution in [0.3, 0.4) is 0 Å². The summed E-state index contributed by atoms with van der Waals surface area (Å²) in [6.45, 7) is 6.77. The lowest BCUT2D eigenvalue weighted by Gasteiger charge is -2.23. The van der Waals surface area contributed by atoms with Crippen LogP contribution in [0.1, 0.15) is 26.3 Å². The van der Waals surface area contributed by atoms with Gasteiger partial charge in [0.2, 0.25) is 0 Å². The zero-order valence-electron chi connectivity index (χ0n) is 21.9. The van der Waals surface area contributed by atoms with Crippen LogP contribution < -0.4 is 4.74 Å². The molecule has 0 atom stereocenters. The van der Waals surface area contributed by atoms with Gasteiger partial charge in [-0.2, -0.15) is 0 Å². The molecule has 0 radical (unpaired) electrons. The molecule has 0 aliphatic rings. The SMILES string of the molecule is CC(C)(C)c1cccc2c3ccc(Oc4ccc5c6ccncc6n6ccnc6c5c4)cc3c3nccn3c12. The second-order valence-corrected chi connectivity index (χ2v) is 11.1. The van der Waals surface area contributed by atoms with Gasteiger partial charge in [0.05, 0.1) is 17.2 Å². The lowest BCUT2D eigenvalue weighted by atomic mass is 9.85. The first-order chi connectivity index (χ1) is 19.0. The van der Waals surface area contributed by atoms with Crippen LogP contribution in [0, 0.1) is 0 Å². The number of benzene rings is 3. The van der Waals surface area contributed by atoms with Gasteiger partial charge in [0.25, 0.3) is 0 Å². The molecule has 0 aliphatic carbocycles. The van der Waals surface area contributed by atoms with Gasteiger partial charge in [-0.05, 0) is 64.2 Å². The summed E-state index contributed by atoms with van der Waals surface area (Å²) in [7, 11) is 0. The number of ether oxygens (including phenoxy) is 1. The highest BCUT2D eigenvalue weighted by atomic mass is 16.5. The van der Waals surface area contributed by atoms with Crippen LogP contribution in [-0.2, 0) is 5.41 Å². The first kappa shape index (κ1) is 22.1. The summed E-state index contributed by atoms with van der Waals surface area (Å²) >= 11 is 0. The monoisotopic (exact) mass is 507 g/mol. The third-order valence-corrected chi connectivity index (χ3v) is 7.71. The molecule has 5 aromatic heterocycles. The lowest BCUT2D eigenvalue weighted by molar-refractivity contribution is 0.484. The van der Waals surface area contributed by atoms with Crippen molar-refractivity contribution in [2.45, 2.75) is 26.2 Å². The molecule has 0 aliphatic heterocycles. The number of hydrogen-bond acceptors (Lipinski definition) is 4. The van der Waals surface area contributed by atoms with Gasteiger partial charge in [0.1, 0.15) is 22.8 Å². The molecule has 39 heavy (non-hydrogen) atoms.